The highest BCUT2D eigenvalue weighted by atomic mass is 127. The monoisotopic (exact) mass is 337 g/mol. The van der Waals surface area contributed by atoms with Gasteiger partial charge in [-0.05, 0) is 17.4 Å². The van der Waals surface area contributed by atoms with Crippen molar-refractivity contribution in [3.8, 4) is 0 Å². The van der Waals surface area contributed by atoms with E-state index in [1.165, 1.54) is 16.8 Å². The third-order valence-corrected chi connectivity index (χ3v) is 1.49. The SMILES string of the molecule is CCI.CCOC(=O)Cc1ccc[n+]([O-])c1. The van der Waals surface area contributed by atoms with Gasteiger partial charge in [0.1, 0.15) is 0 Å². The fraction of sp³-hybridized carbons (Fsp3) is 0.455. The molecule has 0 saturated carbocycles. The zero-order valence-electron chi connectivity index (χ0n) is 9.48. The molecule has 90 valence electrons. The number of aromatic nitrogens is 1. The van der Waals surface area contributed by atoms with E-state index in [1.807, 2.05) is 0 Å². The third kappa shape index (κ3) is 7.44. The van der Waals surface area contributed by atoms with Gasteiger partial charge in [-0.3, -0.25) is 4.79 Å². The number of pyridine rings is 1. The van der Waals surface area contributed by atoms with Crippen LogP contribution in [0.1, 0.15) is 19.4 Å². The molecule has 0 aliphatic rings. The molecule has 0 bridgehead atoms. The van der Waals surface area contributed by atoms with Crippen LogP contribution in [-0.2, 0) is 16.0 Å². The molecule has 1 rings (SSSR count). The van der Waals surface area contributed by atoms with Crippen molar-refractivity contribution in [3.05, 3.63) is 35.3 Å². The van der Waals surface area contributed by atoms with E-state index in [1.54, 1.807) is 19.1 Å². The van der Waals surface area contributed by atoms with E-state index in [4.69, 9.17) is 4.74 Å². The molecule has 1 aromatic heterocycles. The summed E-state index contributed by atoms with van der Waals surface area (Å²) in [6.45, 7) is 4.22. The number of nitrogens with zero attached hydrogens (tertiary/aromatic N) is 1. The maximum Gasteiger partial charge on any atom is 0.310 e. The molecule has 0 aromatic carbocycles. The van der Waals surface area contributed by atoms with Crippen molar-refractivity contribution in [2.45, 2.75) is 20.3 Å². The summed E-state index contributed by atoms with van der Waals surface area (Å²) >= 11 is 2.29. The second-order valence-corrected chi connectivity index (χ2v) is 4.35. The van der Waals surface area contributed by atoms with Crippen LogP contribution in [0.5, 0.6) is 0 Å². The van der Waals surface area contributed by atoms with Crippen LogP contribution in [0.3, 0.4) is 0 Å². The third-order valence-electron chi connectivity index (χ3n) is 1.49. The maximum absolute atomic E-state index is 11.0. The molecule has 0 aliphatic carbocycles. The summed E-state index contributed by atoms with van der Waals surface area (Å²) in [5.41, 5.74) is 0.663. The minimum absolute atomic E-state index is 0.150. The second-order valence-electron chi connectivity index (χ2n) is 2.82. The first kappa shape index (κ1) is 15.2. The van der Waals surface area contributed by atoms with E-state index in [9.17, 15) is 10.0 Å². The first-order valence-electron chi connectivity index (χ1n) is 5.03. The minimum atomic E-state index is -0.311. The van der Waals surface area contributed by atoms with Crippen LogP contribution >= 0.6 is 22.6 Å². The fourth-order valence-corrected chi connectivity index (χ4v) is 0.984. The van der Waals surface area contributed by atoms with E-state index in [-0.39, 0.29) is 12.4 Å². The van der Waals surface area contributed by atoms with Crippen LogP contribution in [-0.4, -0.2) is 17.0 Å². The van der Waals surface area contributed by atoms with Crippen molar-refractivity contribution < 1.29 is 14.3 Å². The van der Waals surface area contributed by atoms with Gasteiger partial charge in [0.05, 0.1) is 13.0 Å². The molecule has 0 aliphatic heterocycles. The number of alkyl halides is 1. The van der Waals surface area contributed by atoms with Crippen molar-refractivity contribution in [1.82, 2.24) is 0 Å². The van der Waals surface area contributed by atoms with Gasteiger partial charge >= 0.3 is 5.97 Å². The summed E-state index contributed by atoms with van der Waals surface area (Å²) in [6, 6.07) is 3.31. The van der Waals surface area contributed by atoms with Crippen LogP contribution in [0.4, 0.5) is 0 Å². The van der Waals surface area contributed by atoms with Gasteiger partial charge in [-0.1, -0.05) is 29.5 Å². The molecule has 1 aromatic rings. The molecule has 5 heteroatoms. The van der Waals surface area contributed by atoms with Gasteiger partial charge in [-0.25, -0.2) is 0 Å². The minimum Gasteiger partial charge on any atom is -0.619 e. The summed E-state index contributed by atoms with van der Waals surface area (Å²) in [5.74, 6) is -0.311. The Labute approximate surface area is 109 Å². The van der Waals surface area contributed by atoms with Gasteiger partial charge in [0.2, 0.25) is 0 Å². The van der Waals surface area contributed by atoms with E-state index >= 15 is 0 Å². The van der Waals surface area contributed by atoms with Crippen molar-refractivity contribution in [3.63, 3.8) is 0 Å². The smallest absolute Gasteiger partial charge is 0.310 e. The molecule has 0 spiro atoms. The van der Waals surface area contributed by atoms with Crippen molar-refractivity contribution in [1.29, 1.82) is 0 Å². The molecule has 0 radical (unpaired) electrons. The van der Waals surface area contributed by atoms with Gasteiger partial charge in [0.15, 0.2) is 12.4 Å². The number of carbonyl (C=O) groups is 1. The normalized spacial score (nSPS) is 8.94. The Morgan fingerprint density at radius 2 is 2.19 bits per heavy atom. The molecule has 0 unspecified atom stereocenters. The molecule has 4 nitrogen and oxygen atoms in total. The Morgan fingerprint density at radius 1 is 1.56 bits per heavy atom. The number of esters is 1. The Morgan fingerprint density at radius 3 is 2.69 bits per heavy atom. The topological polar surface area (TPSA) is 53.2 Å². The molecule has 16 heavy (non-hydrogen) atoms. The van der Waals surface area contributed by atoms with Crippen LogP contribution in [0, 0.1) is 5.21 Å². The molecular weight excluding hydrogens is 321 g/mol. The van der Waals surface area contributed by atoms with E-state index < -0.39 is 0 Å². The number of ether oxygens (including phenoxy) is 1. The standard InChI is InChI=1S/C9H11NO3.C2H5I/c1-2-13-9(11)6-8-4-3-5-10(12)7-8;1-2-3/h3-5,7H,2,6H2,1H3;2H2,1H3. The van der Waals surface area contributed by atoms with E-state index in [0.717, 1.165) is 0 Å². The van der Waals surface area contributed by atoms with Gasteiger partial charge in [-0.15, -0.1) is 0 Å². The average molecular weight is 337 g/mol. The number of halogens is 1. The Kier molecular flexibility index (Phi) is 8.88. The van der Waals surface area contributed by atoms with Crippen molar-refractivity contribution in [2.24, 2.45) is 0 Å². The van der Waals surface area contributed by atoms with Crippen molar-refractivity contribution in [2.75, 3.05) is 11.0 Å². The van der Waals surface area contributed by atoms with Crippen molar-refractivity contribution >= 4 is 28.6 Å². The van der Waals surface area contributed by atoms with Crippen LogP contribution in [0.25, 0.3) is 0 Å². The lowest BCUT2D eigenvalue weighted by Crippen LogP contribution is -2.25. The Balaban J connectivity index is 0.000000673. The van der Waals surface area contributed by atoms with Crippen LogP contribution in [0.2, 0.25) is 0 Å². The highest BCUT2D eigenvalue weighted by Crippen LogP contribution is 1.97. The summed E-state index contributed by atoms with van der Waals surface area (Å²) < 4.78 is 6.62. The summed E-state index contributed by atoms with van der Waals surface area (Å²) in [7, 11) is 0. The number of hydrogen-bond donors (Lipinski definition) is 0. The van der Waals surface area contributed by atoms with Gasteiger partial charge in [0.25, 0.3) is 0 Å². The lowest BCUT2D eigenvalue weighted by molar-refractivity contribution is -0.605. The fourth-order valence-electron chi connectivity index (χ4n) is 0.984. The molecule has 0 saturated heterocycles. The molecule has 0 N–H and O–H groups in total. The Bertz CT molecular complexity index is 318. The second kappa shape index (κ2) is 9.38. The zero-order valence-corrected chi connectivity index (χ0v) is 11.6. The van der Waals surface area contributed by atoms with Gasteiger partial charge in [-0.2, -0.15) is 4.73 Å². The molecule has 0 fully saturated rings. The number of carbonyl (C=O) groups excluding carboxylic acids is 1. The van der Waals surface area contributed by atoms with Gasteiger partial charge < -0.3 is 9.94 Å². The van der Waals surface area contributed by atoms with E-state index in [0.29, 0.717) is 16.9 Å². The molecular formula is C11H16INO3. The number of hydrogen-bond acceptors (Lipinski definition) is 3. The Hall–Kier alpha value is -0.850. The maximum atomic E-state index is 11.0. The summed E-state index contributed by atoms with van der Waals surface area (Å²) in [6.07, 6.45) is 2.88. The van der Waals surface area contributed by atoms with Crippen LogP contribution in [0.15, 0.2) is 24.5 Å². The van der Waals surface area contributed by atoms with Crippen LogP contribution < -0.4 is 4.73 Å². The lowest BCUT2D eigenvalue weighted by atomic mass is 10.2. The average Bonchev–Trinajstić information content (AvgIpc) is 2.19. The van der Waals surface area contributed by atoms with Gasteiger partial charge in [0, 0.05) is 11.6 Å². The lowest BCUT2D eigenvalue weighted by Gasteiger charge is -2.01. The summed E-state index contributed by atoms with van der Waals surface area (Å²) in [5, 5.41) is 10.8. The molecule has 0 atom stereocenters. The first-order valence-corrected chi connectivity index (χ1v) is 6.55. The largest absolute Gasteiger partial charge is 0.619 e. The zero-order chi connectivity index (χ0) is 12.4. The first-order chi connectivity index (χ1) is 7.63. The highest BCUT2D eigenvalue weighted by molar-refractivity contribution is 14.1. The number of rotatable bonds is 3. The molecule has 0 amide bonds. The summed E-state index contributed by atoms with van der Waals surface area (Å²) in [4.78, 5) is 11.0. The predicted octanol–water partition coefficient (Wildman–Crippen LogP) is 1.87. The molecule has 1 heterocycles. The quantitative estimate of drug-likeness (QED) is 0.278. The predicted molar refractivity (Wildman–Crippen MR) is 70.3 cm³/mol. The highest BCUT2D eigenvalue weighted by Gasteiger charge is 2.05. The van der Waals surface area contributed by atoms with E-state index in [2.05, 4.69) is 29.5 Å².